The largest absolute Gasteiger partial charge is 0.370 e. The maximum Gasteiger partial charge on any atom is 0.220 e. The lowest BCUT2D eigenvalue weighted by molar-refractivity contribution is -0.124. The highest BCUT2D eigenvalue weighted by Gasteiger charge is 2.25. The highest BCUT2D eigenvalue weighted by molar-refractivity contribution is 5.79. The zero-order valence-corrected chi connectivity index (χ0v) is 21.8. The number of nitrogens with one attached hydrogen (secondary N) is 1. The van der Waals surface area contributed by atoms with Gasteiger partial charge in [-0.2, -0.15) is 0 Å². The van der Waals surface area contributed by atoms with Crippen LogP contribution in [0.15, 0.2) is 24.3 Å². The summed E-state index contributed by atoms with van der Waals surface area (Å²) < 4.78 is 0. The van der Waals surface area contributed by atoms with Crippen LogP contribution in [0, 0.1) is 17.3 Å². The Morgan fingerprint density at radius 1 is 1.00 bits per heavy atom. The van der Waals surface area contributed by atoms with E-state index in [9.17, 15) is 9.59 Å². The summed E-state index contributed by atoms with van der Waals surface area (Å²) in [5, 5.41) is 3.16. The molecule has 182 valence electrons. The Labute approximate surface area is 196 Å². The van der Waals surface area contributed by atoms with Gasteiger partial charge in [0.15, 0.2) is 0 Å². The molecule has 0 aliphatic carbocycles. The third kappa shape index (κ3) is 12.1. The number of anilines is 1. The zero-order chi connectivity index (χ0) is 24.5. The Balaban J connectivity index is 2.84. The number of nitrogens with zero attached hydrogens (tertiary/aromatic N) is 1. The summed E-state index contributed by atoms with van der Waals surface area (Å²) in [7, 11) is 0. The Hall–Kier alpha value is -2.04. The molecule has 0 aliphatic heterocycles. The molecule has 0 heterocycles. The molecule has 0 bridgehead atoms. The topological polar surface area (TPSA) is 75.4 Å². The van der Waals surface area contributed by atoms with Gasteiger partial charge >= 0.3 is 0 Å². The second-order valence-electron chi connectivity index (χ2n) is 11.7. The molecule has 5 nitrogen and oxygen atoms in total. The third-order valence-corrected chi connectivity index (χ3v) is 5.59. The van der Waals surface area contributed by atoms with Gasteiger partial charge < -0.3 is 16.0 Å². The Bertz CT molecular complexity index is 717. The normalized spacial score (nSPS) is 13.2. The van der Waals surface area contributed by atoms with Crippen molar-refractivity contribution in [3.05, 3.63) is 29.8 Å². The lowest BCUT2D eigenvalue weighted by Gasteiger charge is -2.35. The highest BCUT2D eigenvalue weighted by Crippen LogP contribution is 2.24. The van der Waals surface area contributed by atoms with Gasteiger partial charge in [0, 0.05) is 31.6 Å². The maximum atomic E-state index is 12.6. The molecule has 5 heteroatoms. The van der Waals surface area contributed by atoms with Crippen LogP contribution in [0.3, 0.4) is 0 Å². The minimum absolute atomic E-state index is 0.0370. The van der Waals surface area contributed by atoms with Gasteiger partial charge in [0.05, 0.1) is 5.54 Å². The van der Waals surface area contributed by atoms with Crippen molar-refractivity contribution in [2.24, 2.45) is 23.0 Å². The van der Waals surface area contributed by atoms with Gasteiger partial charge in [-0.3, -0.25) is 9.59 Å². The van der Waals surface area contributed by atoms with Crippen LogP contribution in [0.1, 0.15) is 86.6 Å². The van der Waals surface area contributed by atoms with E-state index in [1.807, 2.05) is 6.92 Å². The fraction of sp³-hybridized carbons (Fsp3) is 0.704. The second kappa shape index (κ2) is 12.3. The second-order valence-corrected chi connectivity index (χ2v) is 11.7. The molecule has 3 N–H and O–H groups in total. The van der Waals surface area contributed by atoms with Gasteiger partial charge in [0.2, 0.25) is 11.8 Å². The molecule has 1 rings (SSSR count). The molecule has 32 heavy (non-hydrogen) atoms. The molecule has 2 amide bonds. The van der Waals surface area contributed by atoms with Crippen LogP contribution in [-0.2, 0) is 16.0 Å². The molecule has 1 aromatic rings. The van der Waals surface area contributed by atoms with Crippen LogP contribution >= 0.6 is 0 Å². The number of benzene rings is 1. The summed E-state index contributed by atoms with van der Waals surface area (Å²) in [4.78, 5) is 26.0. The Morgan fingerprint density at radius 3 is 2.09 bits per heavy atom. The first-order valence-corrected chi connectivity index (χ1v) is 12.1. The van der Waals surface area contributed by atoms with Crippen molar-refractivity contribution in [2.75, 3.05) is 18.0 Å². The van der Waals surface area contributed by atoms with Crippen molar-refractivity contribution in [1.82, 2.24) is 5.32 Å². The molecular weight excluding hydrogens is 398 g/mol. The van der Waals surface area contributed by atoms with Gasteiger partial charge in [-0.15, -0.1) is 0 Å². The van der Waals surface area contributed by atoms with E-state index in [4.69, 9.17) is 5.73 Å². The van der Waals surface area contributed by atoms with Crippen molar-refractivity contribution in [2.45, 2.75) is 93.0 Å². The first-order chi connectivity index (χ1) is 14.7. The van der Waals surface area contributed by atoms with Crippen molar-refractivity contribution in [3.8, 4) is 0 Å². The molecule has 1 aromatic carbocycles. The van der Waals surface area contributed by atoms with Gasteiger partial charge in [-0.1, -0.05) is 53.7 Å². The number of carbonyl (C=O) groups is 2. The summed E-state index contributed by atoms with van der Waals surface area (Å²) in [6, 6.07) is 8.90. The number of carbonyl (C=O) groups excluding carboxylic acids is 2. The number of amides is 2. The lowest BCUT2D eigenvalue weighted by atomic mass is 9.88. The number of nitrogens with two attached hydrogens (primary N) is 1. The van der Waals surface area contributed by atoms with Crippen molar-refractivity contribution in [3.63, 3.8) is 0 Å². The Kier molecular flexibility index (Phi) is 10.7. The number of hydrogen-bond donors (Lipinski definition) is 2. The van der Waals surface area contributed by atoms with Crippen molar-refractivity contribution < 1.29 is 9.59 Å². The fourth-order valence-corrected chi connectivity index (χ4v) is 3.78. The van der Waals surface area contributed by atoms with E-state index in [0.717, 1.165) is 32.4 Å². The monoisotopic (exact) mass is 445 g/mol. The zero-order valence-electron chi connectivity index (χ0n) is 21.8. The van der Waals surface area contributed by atoms with Crippen LogP contribution in [0.5, 0.6) is 0 Å². The van der Waals surface area contributed by atoms with E-state index in [-0.39, 0.29) is 24.2 Å². The predicted molar refractivity (Wildman–Crippen MR) is 136 cm³/mol. The summed E-state index contributed by atoms with van der Waals surface area (Å²) in [5.41, 5.74) is 7.75. The van der Waals surface area contributed by atoms with Crippen LogP contribution in [0.25, 0.3) is 0 Å². The van der Waals surface area contributed by atoms with E-state index >= 15 is 0 Å². The summed E-state index contributed by atoms with van der Waals surface area (Å²) in [5.74, 6) is 0.150. The molecule has 1 atom stereocenters. The van der Waals surface area contributed by atoms with E-state index in [1.165, 1.54) is 11.3 Å². The average molecular weight is 446 g/mol. The predicted octanol–water partition coefficient (Wildman–Crippen LogP) is 5.31. The number of hydrogen-bond acceptors (Lipinski definition) is 3. The molecular formula is C27H47N3O2. The molecule has 0 spiro atoms. The summed E-state index contributed by atoms with van der Waals surface area (Å²) in [6.45, 7) is 19.0. The van der Waals surface area contributed by atoms with Crippen LogP contribution < -0.4 is 16.0 Å². The van der Waals surface area contributed by atoms with Gasteiger partial charge in [0.25, 0.3) is 0 Å². The van der Waals surface area contributed by atoms with Gasteiger partial charge in [0.1, 0.15) is 0 Å². The van der Waals surface area contributed by atoms with Gasteiger partial charge in [-0.05, 0) is 68.1 Å². The molecule has 0 radical (unpaired) electrons. The quantitative estimate of drug-likeness (QED) is 0.432. The van der Waals surface area contributed by atoms with E-state index in [0.29, 0.717) is 17.8 Å². The van der Waals surface area contributed by atoms with E-state index in [1.54, 1.807) is 0 Å². The van der Waals surface area contributed by atoms with Crippen LogP contribution in [-0.4, -0.2) is 30.4 Å². The number of primary amides is 1. The number of rotatable bonds is 13. The fourth-order valence-electron chi connectivity index (χ4n) is 3.78. The van der Waals surface area contributed by atoms with E-state index < -0.39 is 5.54 Å². The lowest BCUT2D eigenvalue weighted by Crippen LogP contribution is -2.52. The molecule has 0 aliphatic rings. The maximum absolute atomic E-state index is 12.6. The standard InChI is InChI=1S/C27H47N3O2/c1-20(2)14-16-30(23-11-9-22(10-12-23)13-15-26(4,5)6)19-27(7,8)29-25(32)18-21(3)17-24(28)31/h9-12,20-21H,13-19H2,1-8H3,(H2,28,31)(H,29,32). The first kappa shape index (κ1) is 28.0. The van der Waals surface area contributed by atoms with Crippen LogP contribution in [0.4, 0.5) is 5.69 Å². The molecule has 0 aromatic heterocycles. The summed E-state index contributed by atoms with van der Waals surface area (Å²) >= 11 is 0. The van der Waals surface area contributed by atoms with Crippen molar-refractivity contribution in [1.29, 1.82) is 0 Å². The molecule has 1 unspecified atom stereocenters. The summed E-state index contributed by atoms with van der Waals surface area (Å²) in [6.07, 6.45) is 3.87. The third-order valence-electron chi connectivity index (χ3n) is 5.59. The Morgan fingerprint density at radius 2 is 1.59 bits per heavy atom. The molecule has 0 saturated heterocycles. The molecule has 0 saturated carbocycles. The minimum Gasteiger partial charge on any atom is -0.370 e. The van der Waals surface area contributed by atoms with Crippen LogP contribution in [0.2, 0.25) is 0 Å². The van der Waals surface area contributed by atoms with E-state index in [2.05, 4.69) is 82.9 Å². The number of aryl methyl sites for hydroxylation is 1. The average Bonchev–Trinajstić information content (AvgIpc) is 2.61. The highest BCUT2D eigenvalue weighted by atomic mass is 16.2. The van der Waals surface area contributed by atoms with Gasteiger partial charge in [-0.25, -0.2) is 0 Å². The first-order valence-electron chi connectivity index (χ1n) is 12.1. The minimum atomic E-state index is -0.397. The molecule has 0 fully saturated rings. The smallest absolute Gasteiger partial charge is 0.220 e. The SMILES string of the molecule is CC(C)CCN(CC(C)(C)NC(=O)CC(C)CC(N)=O)c1ccc(CCC(C)(C)C)cc1. The van der Waals surface area contributed by atoms with Crippen molar-refractivity contribution >= 4 is 17.5 Å².